The van der Waals surface area contributed by atoms with Gasteiger partial charge >= 0.3 is 0 Å². The Labute approximate surface area is 112 Å². The van der Waals surface area contributed by atoms with Gasteiger partial charge in [0.15, 0.2) is 11.6 Å². The first-order valence-corrected chi connectivity index (χ1v) is 6.46. The fraction of sp³-hybridized carbons (Fsp3) is 0.286. The van der Waals surface area contributed by atoms with Gasteiger partial charge in [-0.15, -0.1) is 0 Å². The molecule has 1 aromatic heterocycles. The van der Waals surface area contributed by atoms with Crippen molar-refractivity contribution in [1.82, 2.24) is 9.97 Å². The Balaban J connectivity index is 1.66. The fourth-order valence-electron chi connectivity index (χ4n) is 2.43. The van der Waals surface area contributed by atoms with Crippen LogP contribution in [0.5, 0.6) is 0 Å². The number of nitrogens with zero attached hydrogens (tertiary/aromatic N) is 3. The van der Waals surface area contributed by atoms with Crippen molar-refractivity contribution in [2.75, 3.05) is 29.0 Å². The summed E-state index contributed by atoms with van der Waals surface area (Å²) in [4.78, 5) is 10.6. The van der Waals surface area contributed by atoms with Crippen LogP contribution in [0.1, 0.15) is 6.42 Å². The highest BCUT2D eigenvalue weighted by Gasteiger charge is 2.24. The largest absolute Gasteiger partial charge is 0.381 e. The summed E-state index contributed by atoms with van der Waals surface area (Å²) in [6.07, 6.45) is 4.38. The summed E-state index contributed by atoms with van der Waals surface area (Å²) in [6, 6.07) is 10.7. The molecule has 0 unspecified atom stereocenters. The molecule has 0 radical (unpaired) electrons. The van der Waals surface area contributed by atoms with E-state index in [4.69, 9.17) is 5.73 Å². The zero-order valence-corrected chi connectivity index (χ0v) is 10.7. The SMILES string of the molecule is Nc1nccnc1N1CC[C@H](Nc2ccccc2)C1. The lowest BCUT2D eigenvalue weighted by Crippen LogP contribution is -2.27. The summed E-state index contributed by atoms with van der Waals surface area (Å²) in [5.41, 5.74) is 7.02. The first kappa shape index (κ1) is 11.8. The summed E-state index contributed by atoms with van der Waals surface area (Å²) in [5, 5.41) is 3.53. The number of rotatable bonds is 3. The van der Waals surface area contributed by atoms with Gasteiger partial charge in [0.2, 0.25) is 0 Å². The number of aromatic nitrogens is 2. The molecule has 19 heavy (non-hydrogen) atoms. The van der Waals surface area contributed by atoms with Crippen LogP contribution >= 0.6 is 0 Å². The van der Waals surface area contributed by atoms with Crippen molar-refractivity contribution in [3.8, 4) is 0 Å². The molecule has 3 rings (SSSR count). The van der Waals surface area contributed by atoms with Gasteiger partial charge in [0.1, 0.15) is 0 Å². The van der Waals surface area contributed by atoms with E-state index in [1.54, 1.807) is 12.4 Å². The van der Waals surface area contributed by atoms with Crippen LogP contribution in [0.15, 0.2) is 42.7 Å². The van der Waals surface area contributed by atoms with Gasteiger partial charge in [-0.05, 0) is 18.6 Å². The van der Waals surface area contributed by atoms with Crippen LogP contribution in [0.4, 0.5) is 17.3 Å². The quantitative estimate of drug-likeness (QED) is 0.874. The third-order valence-electron chi connectivity index (χ3n) is 3.34. The maximum absolute atomic E-state index is 5.86. The lowest BCUT2D eigenvalue weighted by atomic mass is 10.2. The van der Waals surface area contributed by atoms with Crippen LogP contribution in [-0.2, 0) is 0 Å². The van der Waals surface area contributed by atoms with E-state index in [1.807, 2.05) is 18.2 Å². The van der Waals surface area contributed by atoms with E-state index < -0.39 is 0 Å². The van der Waals surface area contributed by atoms with E-state index in [0.29, 0.717) is 11.9 Å². The first-order valence-electron chi connectivity index (χ1n) is 6.46. The Morgan fingerprint density at radius 2 is 1.95 bits per heavy atom. The molecule has 1 aliphatic rings. The second-order valence-corrected chi connectivity index (χ2v) is 4.71. The maximum atomic E-state index is 5.86. The van der Waals surface area contributed by atoms with Crippen LogP contribution in [0.3, 0.4) is 0 Å². The summed E-state index contributed by atoms with van der Waals surface area (Å²) < 4.78 is 0. The molecule has 0 amide bonds. The van der Waals surface area contributed by atoms with Crippen molar-refractivity contribution in [2.24, 2.45) is 0 Å². The molecule has 0 saturated carbocycles. The summed E-state index contributed by atoms with van der Waals surface area (Å²) in [7, 11) is 0. The maximum Gasteiger partial charge on any atom is 0.171 e. The van der Waals surface area contributed by atoms with Gasteiger partial charge < -0.3 is 16.0 Å². The van der Waals surface area contributed by atoms with E-state index in [9.17, 15) is 0 Å². The average Bonchev–Trinajstić information content (AvgIpc) is 2.89. The number of nitrogens with one attached hydrogen (secondary N) is 1. The normalized spacial score (nSPS) is 18.5. The minimum atomic E-state index is 0.420. The van der Waals surface area contributed by atoms with E-state index in [-0.39, 0.29) is 0 Å². The van der Waals surface area contributed by atoms with Crippen LogP contribution in [0.2, 0.25) is 0 Å². The van der Waals surface area contributed by atoms with Crippen molar-refractivity contribution in [1.29, 1.82) is 0 Å². The molecule has 5 nitrogen and oxygen atoms in total. The molecule has 1 aromatic carbocycles. The van der Waals surface area contributed by atoms with Gasteiger partial charge in [0.25, 0.3) is 0 Å². The molecule has 2 aromatic rings. The number of anilines is 3. The summed E-state index contributed by atoms with van der Waals surface area (Å²) in [6.45, 7) is 1.85. The predicted octanol–water partition coefficient (Wildman–Crippen LogP) is 1.75. The number of nitrogens with two attached hydrogens (primary N) is 1. The van der Waals surface area contributed by atoms with Crippen LogP contribution in [-0.4, -0.2) is 29.1 Å². The molecular weight excluding hydrogens is 238 g/mol. The van der Waals surface area contributed by atoms with E-state index in [0.717, 1.165) is 31.0 Å². The van der Waals surface area contributed by atoms with E-state index in [2.05, 4.69) is 32.3 Å². The topological polar surface area (TPSA) is 67.1 Å². The lowest BCUT2D eigenvalue weighted by molar-refractivity contribution is 0.806. The fourth-order valence-corrected chi connectivity index (χ4v) is 2.43. The smallest absolute Gasteiger partial charge is 0.171 e. The highest BCUT2D eigenvalue weighted by Crippen LogP contribution is 2.23. The number of nitrogen functional groups attached to an aromatic ring is 1. The van der Waals surface area contributed by atoms with Crippen molar-refractivity contribution >= 4 is 17.3 Å². The number of hydrogen-bond donors (Lipinski definition) is 2. The zero-order chi connectivity index (χ0) is 13.1. The number of hydrogen-bond acceptors (Lipinski definition) is 5. The standard InChI is InChI=1S/C14H17N5/c15-13-14(17-8-7-16-13)19-9-6-12(10-19)18-11-4-2-1-3-5-11/h1-5,7-8,12,18H,6,9-10H2,(H2,15,16)/t12-/m0/s1. The third kappa shape index (κ3) is 2.59. The summed E-state index contributed by atoms with van der Waals surface area (Å²) in [5.74, 6) is 1.29. The monoisotopic (exact) mass is 255 g/mol. The molecule has 3 N–H and O–H groups in total. The predicted molar refractivity (Wildman–Crippen MR) is 77.1 cm³/mol. The molecule has 1 saturated heterocycles. The average molecular weight is 255 g/mol. The summed E-state index contributed by atoms with van der Waals surface area (Å²) >= 11 is 0. The molecule has 0 aliphatic carbocycles. The molecule has 2 heterocycles. The van der Waals surface area contributed by atoms with E-state index in [1.165, 1.54) is 0 Å². The van der Waals surface area contributed by atoms with Gasteiger partial charge in [-0.25, -0.2) is 9.97 Å². The molecule has 98 valence electrons. The third-order valence-corrected chi connectivity index (χ3v) is 3.34. The second-order valence-electron chi connectivity index (χ2n) is 4.71. The Morgan fingerprint density at radius 1 is 1.16 bits per heavy atom. The Kier molecular flexibility index (Phi) is 3.18. The van der Waals surface area contributed by atoms with Crippen molar-refractivity contribution in [2.45, 2.75) is 12.5 Å². The minimum Gasteiger partial charge on any atom is -0.381 e. The van der Waals surface area contributed by atoms with Crippen molar-refractivity contribution < 1.29 is 0 Å². The molecule has 0 spiro atoms. The highest BCUT2D eigenvalue weighted by atomic mass is 15.2. The van der Waals surface area contributed by atoms with Gasteiger partial charge in [-0.2, -0.15) is 0 Å². The second kappa shape index (κ2) is 5.14. The van der Waals surface area contributed by atoms with Crippen LogP contribution < -0.4 is 16.0 Å². The van der Waals surface area contributed by atoms with Gasteiger partial charge in [-0.1, -0.05) is 18.2 Å². The first-order chi connectivity index (χ1) is 9.33. The molecule has 0 bridgehead atoms. The minimum absolute atomic E-state index is 0.420. The van der Waals surface area contributed by atoms with Crippen LogP contribution in [0.25, 0.3) is 0 Å². The van der Waals surface area contributed by atoms with Gasteiger partial charge in [-0.3, -0.25) is 0 Å². The molecule has 1 fully saturated rings. The van der Waals surface area contributed by atoms with Gasteiger partial charge in [0.05, 0.1) is 0 Å². The van der Waals surface area contributed by atoms with E-state index >= 15 is 0 Å². The van der Waals surface area contributed by atoms with Crippen molar-refractivity contribution in [3.05, 3.63) is 42.7 Å². The van der Waals surface area contributed by atoms with Crippen molar-refractivity contribution in [3.63, 3.8) is 0 Å². The highest BCUT2D eigenvalue weighted by molar-refractivity contribution is 5.58. The number of para-hydroxylation sites is 1. The van der Waals surface area contributed by atoms with Gasteiger partial charge in [0, 0.05) is 37.2 Å². The molecule has 1 atom stereocenters. The Bertz CT molecular complexity index is 543. The molecule has 5 heteroatoms. The van der Waals surface area contributed by atoms with Crippen LogP contribution in [0, 0.1) is 0 Å². The number of benzene rings is 1. The lowest BCUT2D eigenvalue weighted by Gasteiger charge is -2.19. The Hall–Kier alpha value is -2.30. The Morgan fingerprint density at radius 3 is 2.74 bits per heavy atom. The molecule has 1 aliphatic heterocycles. The molecular formula is C14H17N5. The zero-order valence-electron chi connectivity index (χ0n) is 10.7.